The van der Waals surface area contributed by atoms with Crippen LogP contribution >= 0.6 is 0 Å². The Labute approximate surface area is 520 Å². The molecule has 0 saturated carbocycles. The van der Waals surface area contributed by atoms with Crippen molar-refractivity contribution in [3.05, 3.63) is 12.2 Å². The summed E-state index contributed by atoms with van der Waals surface area (Å²) in [6.45, 7) is 6.73. The number of hydrogen-bond donors (Lipinski definition) is 0. The van der Waals surface area contributed by atoms with Crippen LogP contribution in [0.5, 0.6) is 0 Å². The minimum Gasteiger partial charge on any atom is -0.462 e. The van der Waals surface area contributed by atoms with Crippen molar-refractivity contribution >= 4 is 17.9 Å². The van der Waals surface area contributed by atoms with Crippen LogP contribution < -0.4 is 0 Å². The number of carbonyl (C=O) groups is 3. The maximum absolute atomic E-state index is 13.0. The van der Waals surface area contributed by atoms with Crippen LogP contribution in [-0.2, 0) is 28.6 Å². The lowest BCUT2D eigenvalue weighted by Crippen LogP contribution is -2.30. The van der Waals surface area contributed by atoms with Crippen LogP contribution in [0.1, 0.15) is 445 Å². The lowest BCUT2D eigenvalue weighted by molar-refractivity contribution is -0.167. The van der Waals surface area contributed by atoms with Gasteiger partial charge in [-0.05, 0) is 44.9 Å². The highest BCUT2D eigenvalue weighted by Crippen LogP contribution is 2.20. The average molecular weight is 1170 g/mol. The summed E-state index contributed by atoms with van der Waals surface area (Å²) < 4.78 is 17.0. The van der Waals surface area contributed by atoms with Gasteiger partial charge in [0.2, 0.25) is 0 Å². The molecular formula is C77H148O6. The Morgan fingerprint density at radius 1 is 0.229 bits per heavy atom. The molecule has 0 heterocycles. The van der Waals surface area contributed by atoms with Crippen LogP contribution in [-0.4, -0.2) is 37.2 Å². The second kappa shape index (κ2) is 72.6. The summed E-state index contributed by atoms with van der Waals surface area (Å²) in [5, 5.41) is 0. The smallest absolute Gasteiger partial charge is 0.306 e. The van der Waals surface area contributed by atoms with Crippen molar-refractivity contribution in [1.82, 2.24) is 0 Å². The molecular weight excluding hydrogens is 1020 g/mol. The van der Waals surface area contributed by atoms with Crippen LogP contribution in [0.4, 0.5) is 0 Å². The second-order valence-electron chi connectivity index (χ2n) is 26.3. The van der Waals surface area contributed by atoms with E-state index in [2.05, 4.69) is 32.9 Å². The second-order valence-corrected chi connectivity index (χ2v) is 26.3. The highest BCUT2D eigenvalue weighted by molar-refractivity contribution is 5.71. The zero-order chi connectivity index (χ0) is 59.9. The fraction of sp³-hybridized carbons (Fsp3) is 0.935. The van der Waals surface area contributed by atoms with Crippen molar-refractivity contribution in [2.24, 2.45) is 0 Å². The fourth-order valence-corrected chi connectivity index (χ4v) is 12.0. The summed E-state index contributed by atoms with van der Waals surface area (Å²) in [4.78, 5) is 38.4. The first-order valence-electron chi connectivity index (χ1n) is 38.2. The Morgan fingerprint density at radius 3 is 0.602 bits per heavy atom. The molecule has 0 amide bonds. The lowest BCUT2D eigenvalue weighted by Gasteiger charge is -2.18. The molecule has 0 spiro atoms. The first kappa shape index (κ1) is 81.2. The van der Waals surface area contributed by atoms with E-state index in [4.69, 9.17) is 14.2 Å². The Hall–Kier alpha value is -1.85. The van der Waals surface area contributed by atoms with E-state index in [9.17, 15) is 14.4 Å². The van der Waals surface area contributed by atoms with Crippen LogP contribution in [0.2, 0.25) is 0 Å². The normalized spacial score (nSPS) is 12.0. The van der Waals surface area contributed by atoms with Crippen molar-refractivity contribution in [2.45, 2.75) is 451 Å². The van der Waals surface area contributed by atoms with Crippen LogP contribution in [0, 0.1) is 0 Å². The van der Waals surface area contributed by atoms with Crippen molar-refractivity contribution < 1.29 is 28.6 Å². The number of rotatable bonds is 72. The first-order valence-corrected chi connectivity index (χ1v) is 38.2. The van der Waals surface area contributed by atoms with Crippen molar-refractivity contribution in [2.75, 3.05) is 13.2 Å². The van der Waals surface area contributed by atoms with Gasteiger partial charge in [-0.3, -0.25) is 14.4 Å². The maximum atomic E-state index is 13.0. The van der Waals surface area contributed by atoms with Gasteiger partial charge in [0, 0.05) is 19.3 Å². The summed E-state index contributed by atoms with van der Waals surface area (Å²) in [6, 6.07) is 0. The molecule has 0 aliphatic carbocycles. The molecule has 0 radical (unpaired) electrons. The number of carbonyl (C=O) groups excluding carboxylic acids is 3. The van der Waals surface area contributed by atoms with Gasteiger partial charge in [0.25, 0.3) is 0 Å². The minimum atomic E-state index is -0.768. The van der Waals surface area contributed by atoms with E-state index in [1.807, 2.05) is 0 Å². The van der Waals surface area contributed by atoms with Crippen molar-refractivity contribution in [3.8, 4) is 0 Å². The molecule has 0 aromatic carbocycles. The summed E-state index contributed by atoms with van der Waals surface area (Å²) in [7, 11) is 0. The van der Waals surface area contributed by atoms with E-state index < -0.39 is 6.10 Å². The minimum absolute atomic E-state index is 0.0638. The van der Waals surface area contributed by atoms with Gasteiger partial charge in [0.1, 0.15) is 13.2 Å². The molecule has 0 aliphatic rings. The molecule has 6 heteroatoms. The largest absolute Gasteiger partial charge is 0.462 e. The number of ether oxygens (including phenoxy) is 3. The molecule has 0 aromatic rings. The first-order chi connectivity index (χ1) is 41.0. The molecule has 6 nitrogen and oxygen atoms in total. The van der Waals surface area contributed by atoms with Gasteiger partial charge in [0.05, 0.1) is 0 Å². The van der Waals surface area contributed by atoms with E-state index in [1.54, 1.807) is 0 Å². The molecule has 83 heavy (non-hydrogen) atoms. The third kappa shape index (κ3) is 70.8. The number of hydrogen-bond acceptors (Lipinski definition) is 6. The third-order valence-electron chi connectivity index (χ3n) is 17.8. The number of allylic oxidation sites excluding steroid dienone is 2. The van der Waals surface area contributed by atoms with Crippen LogP contribution in [0.3, 0.4) is 0 Å². The lowest BCUT2D eigenvalue weighted by atomic mass is 10.0. The number of unbranched alkanes of at least 4 members (excludes halogenated alkanes) is 59. The fourth-order valence-electron chi connectivity index (χ4n) is 12.0. The van der Waals surface area contributed by atoms with E-state index in [-0.39, 0.29) is 31.1 Å². The van der Waals surface area contributed by atoms with E-state index in [0.717, 1.165) is 57.8 Å². The summed E-state index contributed by atoms with van der Waals surface area (Å²) in [6.07, 6.45) is 88.5. The van der Waals surface area contributed by atoms with Gasteiger partial charge in [-0.25, -0.2) is 0 Å². The van der Waals surface area contributed by atoms with E-state index in [0.29, 0.717) is 19.3 Å². The highest BCUT2D eigenvalue weighted by atomic mass is 16.6. The SMILES string of the molecule is CCCCCCCC/C=C\CCCCCCCCCCCC(=O)OC(COC(=O)CCCCCCCCCCCCCCC)COC(=O)CCCCCCCCCCCCCCCCCCCCCCCCCCCCCCCCCCC. The molecule has 0 bridgehead atoms. The molecule has 0 rings (SSSR count). The Morgan fingerprint density at radius 2 is 0.398 bits per heavy atom. The van der Waals surface area contributed by atoms with E-state index in [1.165, 1.54) is 347 Å². The Bertz CT molecular complexity index is 1300. The molecule has 0 N–H and O–H groups in total. The molecule has 492 valence electrons. The molecule has 1 unspecified atom stereocenters. The quantitative estimate of drug-likeness (QED) is 0.0261. The summed E-state index contributed by atoms with van der Waals surface area (Å²) >= 11 is 0. The van der Waals surface area contributed by atoms with Gasteiger partial charge >= 0.3 is 17.9 Å². The Kier molecular flexibility index (Phi) is 71.0. The van der Waals surface area contributed by atoms with Crippen molar-refractivity contribution in [1.29, 1.82) is 0 Å². The van der Waals surface area contributed by atoms with Crippen LogP contribution in [0.25, 0.3) is 0 Å². The van der Waals surface area contributed by atoms with Crippen molar-refractivity contribution in [3.63, 3.8) is 0 Å². The van der Waals surface area contributed by atoms with Gasteiger partial charge in [0.15, 0.2) is 6.10 Å². The van der Waals surface area contributed by atoms with E-state index >= 15 is 0 Å². The zero-order valence-corrected chi connectivity index (χ0v) is 56.8. The Balaban J connectivity index is 4.08. The average Bonchev–Trinajstić information content (AvgIpc) is 3.49. The molecule has 1 atom stereocenters. The summed E-state index contributed by atoms with van der Waals surface area (Å²) in [5.41, 5.74) is 0. The highest BCUT2D eigenvalue weighted by Gasteiger charge is 2.20. The standard InChI is InChI=1S/C77H148O6/c1-4-7-10-13-16-19-22-25-27-29-31-32-33-34-35-36-37-38-39-40-41-42-43-44-46-47-49-52-55-58-61-64-67-70-76(79)82-73-74(72-81-75(78)69-66-63-60-57-54-51-24-21-18-15-12-9-6-3)83-77(80)71-68-65-62-59-56-53-50-48-45-30-28-26-23-20-17-14-11-8-5-2/h26,28,74H,4-25,27,29-73H2,1-3H3/b28-26-. The topological polar surface area (TPSA) is 78.9 Å². The predicted octanol–water partition coefficient (Wildman–Crippen LogP) is 26.3. The maximum Gasteiger partial charge on any atom is 0.306 e. The monoisotopic (exact) mass is 1170 g/mol. The summed E-state index contributed by atoms with van der Waals surface area (Å²) in [5.74, 6) is -0.829. The molecule has 0 aromatic heterocycles. The molecule has 0 fully saturated rings. The van der Waals surface area contributed by atoms with Crippen LogP contribution in [0.15, 0.2) is 12.2 Å². The van der Waals surface area contributed by atoms with Gasteiger partial charge in [-0.2, -0.15) is 0 Å². The number of esters is 3. The predicted molar refractivity (Wildman–Crippen MR) is 363 cm³/mol. The van der Waals surface area contributed by atoms with Gasteiger partial charge in [-0.1, -0.05) is 392 Å². The molecule has 0 aliphatic heterocycles. The van der Waals surface area contributed by atoms with Gasteiger partial charge in [-0.15, -0.1) is 0 Å². The zero-order valence-electron chi connectivity index (χ0n) is 56.8. The molecule has 0 saturated heterocycles. The van der Waals surface area contributed by atoms with Gasteiger partial charge < -0.3 is 14.2 Å². The third-order valence-corrected chi connectivity index (χ3v) is 17.8.